The van der Waals surface area contributed by atoms with Gasteiger partial charge in [0, 0.05) is 24.8 Å². The highest BCUT2D eigenvalue weighted by Gasteiger charge is 2.21. The maximum Gasteiger partial charge on any atom is 0.132 e. The minimum Gasteiger partial charge on any atom is -0.355 e. The van der Waals surface area contributed by atoms with Gasteiger partial charge in [-0.3, -0.25) is 0 Å². The molecule has 0 amide bonds. The van der Waals surface area contributed by atoms with Gasteiger partial charge in [-0.1, -0.05) is 13.3 Å². The topological polar surface area (TPSA) is 29.0 Å². The summed E-state index contributed by atoms with van der Waals surface area (Å²) < 4.78 is 0. The molecule has 1 aliphatic rings. The molecule has 0 N–H and O–H groups in total. The Kier molecular flexibility index (Phi) is 3.41. The van der Waals surface area contributed by atoms with Crippen LogP contribution in [0.2, 0.25) is 0 Å². The number of aryl methyl sites for hydroxylation is 1. The van der Waals surface area contributed by atoms with Crippen LogP contribution in [0.15, 0.2) is 12.4 Å². The molecule has 0 bridgehead atoms. The van der Waals surface area contributed by atoms with E-state index in [9.17, 15) is 0 Å². The van der Waals surface area contributed by atoms with Gasteiger partial charge in [0.05, 0.1) is 5.38 Å². The molecule has 0 aromatic carbocycles. The van der Waals surface area contributed by atoms with E-state index >= 15 is 0 Å². The first-order valence-electron chi connectivity index (χ1n) is 5.49. The SMILES string of the molecule is CCCc1cc(N2CCC(Cl)C2)ncn1. The van der Waals surface area contributed by atoms with E-state index in [1.807, 2.05) is 0 Å². The van der Waals surface area contributed by atoms with Crippen LogP contribution in [0.4, 0.5) is 5.82 Å². The number of aromatic nitrogens is 2. The Balaban J connectivity index is 2.10. The summed E-state index contributed by atoms with van der Waals surface area (Å²) in [6.07, 6.45) is 4.85. The van der Waals surface area contributed by atoms with Crippen LogP contribution in [0.3, 0.4) is 0 Å². The Labute approximate surface area is 95.5 Å². The normalized spacial score (nSPS) is 20.9. The van der Waals surface area contributed by atoms with Crippen molar-refractivity contribution in [1.29, 1.82) is 0 Å². The lowest BCUT2D eigenvalue weighted by molar-refractivity contribution is 0.856. The molecule has 3 nitrogen and oxygen atoms in total. The number of hydrogen-bond donors (Lipinski definition) is 0. The van der Waals surface area contributed by atoms with Crippen LogP contribution in [-0.4, -0.2) is 28.4 Å². The molecular weight excluding hydrogens is 210 g/mol. The Hall–Kier alpha value is -0.830. The van der Waals surface area contributed by atoms with E-state index in [1.165, 1.54) is 0 Å². The van der Waals surface area contributed by atoms with Crippen molar-refractivity contribution in [2.24, 2.45) is 0 Å². The molecule has 1 aromatic heterocycles. The first kappa shape index (κ1) is 10.7. The van der Waals surface area contributed by atoms with Gasteiger partial charge in [-0.25, -0.2) is 9.97 Å². The minimum absolute atomic E-state index is 0.273. The fourth-order valence-corrected chi connectivity index (χ4v) is 2.14. The van der Waals surface area contributed by atoms with Crippen molar-refractivity contribution in [1.82, 2.24) is 9.97 Å². The molecule has 1 aromatic rings. The Morgan fingerprint density at radius 1 is 1.53 bits per heavy atom. The van der Waals surface area contributed by atoms with Gasteiger partial charge in [0.2, 0.25) is 0 Å². The molecule has 0 spiro atoms. The summed E-state index contributed by atoms with van der Waals surface area (Å²) in [5, 5.41) is 0.273. The second-order valence-electron chi connectivity index (χ2n) is 3.95. The summed E-state index contributed by atoms with van der Waals surface area (Å²) >= 11 is 6.07. The average molecular weight is 226 g/mol. The number of hydrogen-bond acceptors (Lipinski definition) is 3. The Morgan fingerprint density at radius 2 is 2.40 bits per heavy atom. The summed E-state index contributed by atoms with van der Waals surface area (Å²) in [7, 11) is 0. The Bertz CT molecular complexity index is 329. The molecule has 0 radical (unpaired) electrons. The van der Waals surface area contributed by atoms with E-state index in [2.05, 4.69) is 27.9 Å². The highest BCUT2D eigenvalue weighted by Crippen LogP contribution is 2.21. The molecule has 2 heterocycles. The predicted octanol–water partition coefficient (Wildman–Crippen LogP) is 2.25. The van der Waals surface area contributed by atoms with Crippen LogP contribution in [0, 0.1) is 0 Å². The summed E-state index contributed by atoms with van der Waals surface area (Å²) in [6, 6.07) is 2.08. The number of nitrogens with zero attached hydrogens (tertiary/aromatic N) is 3. The molecule has 4 heteroatoms. The van der Waals surface area contributed by atoms with Gasteiger partial charge in [0.15, 0.2) is 0 Å². The summed E-state index contributed by atoms with van der Waals surface area (Å²) in [5.41, 5.74) is 1.13. The number of anilines is 1. The van der Waals surface area contributed by atoms with E-state index in [-0.39, 0.29) is 5.38 Å². The van der Waals surface area contributed by atoms with Gasteiger partial charge in [-0.05, 0) is 12.8 Å². The summed E-state index contributed by atoms with van der Waals surface area (Å²) in [4.78, 5) is 10.8. The maximum atomic E-state index is 6.07. The third-order valence-electron chi connectivity index (χ3n) is 2.67. The smallest absolute Gasteiger partial charge is 0.132 e. The summed E-state index contributed by atoms with van der Waals surface area (Å²) in [6.45, 7) is 4.08. The molecule has 0 saturated carbocycles. The van der Waals surface area contributed by atoms with Crippen molar-refractivity contribution < 1.29 is 0 Å². The molecule has 1 aliphatic heterocycles. The van der Waals surface area contributed by atoms with Crippen molar-refractivity contribution in [3.05, 3.63) is 18.1 Å². The second-order valence-corrected chi connectivity index (χ2v) is 4.57. The lowest BCUT2D eigenvalue weighted by Gasteiger charge is -2.16. The van der Waals surface area contributed by atoms with Gasteiger partial charge in [-0.15, -0.1) is 11.6 Å². The minimum atomic E-state index is 0.273. The van der Waals surface area contributed by atoms with Crippen molar-refractivity contribution in [2.75, 3.05) is 18.0 Å². The number of rotatable bonds is 3. The van der Waals surface area contributed by atoms with Crippen molar-refractivity contribution >= 4 is 17.4 Å². The highest BCUT2D eigenvalue weighted by molar-refractivity contribution is 6.21. The van der Waals surface area contributed by atoms with Crippen molar-refractivity contribution in [3.8, 4) is 0 Å². The lowest BCUT2D eigenvalue weighted by atomic mass is 10.2. The van der Waals surface area contributed by atoms with Gasteiger partial charge in [-0.2, -0.15) is 0 Å². The van der Waals surface area contributed by atoms with Crippen molar-refractivity contribution in [2.45, 2.75) is 31.6 Å². The summed E-state index contributed by atoms with van der Waals surface area (Å²) in [5.74, 6) is 1.02. The number of alkyl halides is 1. The first-order chi connectivity index (χ1) is 7.29. The largest absolute Gasteiger partial charge is 0.355 e. The van der Waals surface area contributed by atoms with E-state index in [0.29, 0.717) is 0 Å². The zero-order valence-electron chi connectivity index (χ0n) is 8.99. The third kappa shape index (κ3) is 2.59. The molecule has 82 valence electrons. The molecular formula is C11H16ClN3. The number of halogens is 1. The molecule has 1 saturated heterocycles. The van der Waals surface area contributed by atoms with Gasteiger partial charge in [0.1, 0.15) is 12.1 Å². The monoisotopic (exact) mass is 225 g/mol. The van der Waals surface area contributed by atoms with Crippen LogP contribution in [-0.2, 0) is 6.42 Å². The lowest BCUT2D eigenvalue weighted by Crippen LogP contribution is -2.21. The van der Waals surface area contributed by atoms with E-state index in [1.54, 1.807) is 6.33 Å². The van der Waals surface area contributed by atoms with E-state index < -0.39 is 0 Å². The molecule has 1 fully saturated rings. The van der Waals surface area contributed by atoms with Gasteiger partial charge in [0.25, 0.3) is 0 Å². The van der Waals surface area contributed by atoms with Crippen LogP contribution in [0.25, 0.3) is 0 Å². The van der Waals surface area contributed by atoms with Crippen LogP contribution in [0.5, 0.6) is 0 Å². The standard InChI is InChI=1S/C11H16ClN3/c1-2-3-10-6-11(14-8-13-10)15-5-4-9(12)7-15/h6,8-9H,2-5,7H2,1H3. The molecule has 2 rings (SSSR count). The van der Waals surface area contributed by atoms with Crippen molar-refractivity contribution in [3.63, 3.8) is 0 Å². The van der Waals surface area contributed by atoms with E-state index in [4.69, 9.17) is 11.6 Å². The second kappa shape index (κ2) is 4.79. The Morgan fingerprint density at radius 3 is 3.07 bits per heavy atom. The van der Waals surface area contributed by atoms with Gasteiger partial charge >= 0.3 is 0 Å². The van der Waals surface area contributed by atoms with Crippen LogP contribution >= 0.6 is 11.6 Å². The fraction of sp³-hybridized carbons (Fsp3) is 0.636. The highest BCUT2D eigenvalue weighted by atomic mass is 35.5. The first-order valence-corrected chi connectivity index (χ1v) is 5.93. The van der Waals surface area contributed by atoms with Crippen LogP contribution < -0.4 is 4.90 Å². The van der Waals surface area contributed by atoms with E-state index in [0.717, 1.165) is 43.9 Å². The predicted molar refractivity (Wildman–Crippen MR) is 62.5 cm³/mol. The molecule has 0 aliphatic carbocycles. The average Bonchev–Trinajstić information content (AvgIpc) is 2.66. The molecule has 15 heavy (non-hydrogen) atoms. The zero-order chi connectivity index (χ0) is 10.7. The van der Waals surface area contributed by atoms with Gasteiger partial charge < -0.3 is 4.90 Å². The quantitative estimate of drug-likeness (QED) is 0.739. The third-order valence-corrected chi connectivity index (χ3v) is 3.03. The molecule has 1 unspecified atom stereocenters. The zero-order valence-corrected chi connectivity index (χ0v) is 9.74. The van der Waals surface area contributed by atoms with Crippen LogP contribution in [0.1, 0.15) is 25.5 Å². The molecule has 1 atom stereocenters. The maximum absolute atomic E-state index is 6.07. The fourth-order valence-electron chi connectivity index (χ4n) is 1.88.